The predicted octanol–water partition coefficient (Wildman–Crippen LogP) is 4.33. The number of carbonyl (C=O) groups is 2. The van der Waals surface area contributed by atoms with Crippen LogP contribution in [0.4, 0.5) is 0 Å². The molecule has 2 aromatic carbocycles. The minimum absolute atomic E-state index is 0.0309. The molecular formula is C22H21NO3. The number of carboxylic acids is 1. The average Bonchev–Trinajstić information content (AvgIpc) is 3.02. The molecule has 0 bridgehead atoms. The van der Waals surface area contributed by atoms with Crippen molar-refractivity contribution in [1.82, 2.24) is 4.57 Å². The molecular weight excluding hydrogens is 326 g/mol. The molecule has 1 N–H and O–H groups in total. The second-order valence-corrected chi connectivity index (χ2v) is 6.29. The molecule has 0 aliphatic heterocycles. The van der Waals surface area contributed by atoms with Crippen molar-refractivity contribution in [3.63, 3.8) is 0 Å². The van der Waals surface area contributed by atoms with Crippen LogP contribution in [0.1, 0.15) is 34.6 Å². The maximum atomic E-state index is 12.8. The molecule has 0 saturated heterocycles. The molecule has 3 aromatic rings. The molecule has 1 aromatic heterocycles. The Bertz CT molecular complexity index is 908. The number of carboxylic acid groups (broad SMARTS) is 1. The summed E-state index contributed by atoms with van der Waals surface area (Å²) in [4.78, 5) is 23.4. The number of hydrogen-bond acceptors (Lipinski definition) is 2. The molecule has 0 aliphatic rings. The van der Waals surface area contributed by atoms with E-state index in [2.05, 4.69) is 0 Å². The van der Waals surface area contributed by atoms with Gasteiger partial charge in [-0.3, -0.25) is 9.59 Å². The van der Waals surface area contributed by atoms with Crippen LogP contribution in [-0.2, 0) is 18.3 Å². The molecule has 0 amide bonds. The van der Waals surface area contributed by atoms with E-state index in [0.717, 1.165) is 16.8 Å². The minimum Gasteiger partial charge on any atom is -0.481 e. The largest absolute Gasteiger partial charge is 0.481 e. The van der Waals surface area contributed by atoms with Crippen LogP contribution in [0.5, 0.6) is 0 Å². The van der Waals surface area contributed by atoms with Crippen LogP contribution in [0, 0.1) is 0 Å². The van der Waals surface area contributed by atoms with Crippen LogP contribution in [-0.4, -0.2) is 21.4 Å². The summed E-state index contributed by atoms with van der Waals surface area (Å²) in [6.45, 7) is 0. The second kappa shape index (κ2) is 7.83. The van der Waals surface area contributed by atoms with Crippen LogP contribution in [0.15, 0.2) is 66.7 Å². The van der Waals surface area contributed by atoms with Gasteiger partial charge in [0.15, 0.2) is 0 Å². The highest BCUT2D eigenvalue weighted by Crippen LogP contribution is 2.21. The molecule has 3 rings (SSSR count). The topological polar surface area (TPSA) is 59.3 Å². The monoisotopic (exact) mass is 347 g/mol. The number of benzene rings is 2. The van der Waals surface area contributed by atoms with E-state index in [1.165, 1.54) is 0 Å². The lowest BCUT2D eigenvalue weighted by Gasteiger charge is -2.08. The van der Waals surface area contributed by atoms with Crippen LogP contribution in [0.25, 0.3) is 11.1 Å². The number of hydrogen-bond donors (Lipinski definition) is 1. The Morgan fingerprint density at radius 2 is 1.54 bits per heavy atom. The van der Waals surface area contributed by atoms with Gasteiger partial charge in [-0.1, -0.05) is 54.6 Å². The van der Waals surface area contributed by atoms with E-state index in [9.17, 15) is 9.59 Å². The molecule has 0 spiro atoms. The van der Waals surface area contributed by atoms with Gasteiger partial charge in [0, 0.05) is 24.7 Å². The zero-order chi connectivity index (χ0) is 18.5. The van der Waals surface area contributed by atoms with Crippen LogP contribution >= 0.6 is 0 Å². The lowest BCUT2D eigenvalue weighted by atomic mass is 10.0. The van der Waals surface area contributed by atoms with Gasteiger partial charge in [-0.05, 0) is 36.1 Å². The SMILES string of the molecule is Cn1c(CCCC(=O)O)ccc1C(=O)c1ccc(-c2ccccc2)cc1. The highest BCUT2D eigenvalue weighted by atomic mass is 16.4. The number of aryl methyl sites for hydroxylation is 1. The highest BCUT2D eigenvalue weighted by molar-refractivity contribution is 6.08. The molecule has 0 saturated carbocycles. The lowest BCUT2D eigenvalue weighted by Crippen LogP contribution is -2.09. The summed E-state index contributed by atoms with van der Waals surface area (Å²) in [7, 11) is 1.85. The van der Waals surface area contributed by atoms with Crippen LogP contribution in [0.3, 0.4) is 0 Å². The third-order valence-corrected chi connectivity index (χ3v) is 4.54. The fraction of sp³-hybridized carbons (Fsp3) is 0.182. The number of carbonyl (C=O) groups excluding carboxylic acids is 1. The zero-order valence-electron chi connectivity index (χ0n) is 14.7. The third-order valence-electron chi connectivity index (χ3n) is 4.54. The van der Waals surface area contributed by atoms with E-state index in [4.69, 9.17) is 5.11 Å². The average molecular weight is 347 g/mol. The van der Waals surface area contributed by atoms with Gasteiger partial charge >= 0.3 is 5.97 Å². The standard InChI is InChI=1S/C22H21NO3/c1-23-19(8-5-9-21(24)25)14-15-20(23)22(26)18-12-10-17(11-13-18)16-6-3-2-4-7-16/h2-4,6-7,10-15H,5,8-9H2,1H3,(H,24,25). The van der Waals surface area contributed by atoms with Gasteiger partial charge in [-0.25, -0.2) is 0 Å². The fourth-order valence-corrected chi connectivity index (χ4v) is 3.05. The van der Waals surface area contributed by atoms with Crippen molar-refractivity contribution in [2.45, 2.75) is 19.3 Å². The van der Waals surface area contributed by atoms with Crippen molar-refractivity contribution in [3.8, 4) is 11.1 Å². The van der Waals surface area contributed by atoms with E-state index >= 15 is 0 Å². The Morgan fingerprint density at radius 3 is 2.19 bits per heavy atom. The van der Waals surface area contributed by atoms with E-state index in [0.29, 0.717) is 24.1 Å². The second-order valence-electron chi connectivity index (χ2n) is 6.29. The summed E-state index contributed by atoms with van der Waals surface area (Å²) in [5.41, 5.74) is 4.41. The maximum Gasteiger partial charge on any atom is 0.303 e. The molecule has 0 radical (unpaired) electrons. The molecule has 0 atom stereocenters. The Balaban J connectivity index is 1.75. The normalized spacial score (nSPS) is 10.7. The van der Waals surface area contributed by atoms with Gasteiger partial charge in [0.05, 0.1) is 5.69 Å². The fourth-order valence-electron chi connectivity index (χ4n) is 3.05. The Kier molecular flexibility index (Phi) is 5.32. The van der Waals surface area contributed by atoms with Crippen LogP contribution < -0.4 is 0 Å². The summed E-state index contributed by atoms with van der Waals surface area (Å²) in [6.07, 6.45) is 1.34. The minimum atomic E-state index is -0.797. The maximum absolute atomic E-state index is 12.8. The molecule has 4 heteroatoms. The highest BCUT2D eigenvalue weighted by Gasteiger charge is 2.15. The first-order valence-electron chi connectivity index (χ1n) is 8.63. The summed E-state index contributed by atoms with van der Waals surface area (Å²) < 4.78 is 1.86. The van der Waals surface area contributed by atoms with Crippen molar-refractivity contribution >= 4 is 11.8 Å². The number of aromatic nitrogens is 1. The van der Waals surface area contributed by atoms with Gasteiger partial charge in [0.2, 0.25) is 5.78 Å². The van der Waals surface area contributed by atoms with E-state index in [1.54, 1.807) is 0 Å². The van der Waals surface area contributed by atoms with Crippen molar-refractivity contribution < 1.29 is 14.7 Å². The smallest absolute Gasteiger partial charge is 0.303 e. The summed E-state index contributed by atoms with van der Waals surface area (Å²) in [6, 6.07) is 21.4. The Hall–Kier alpha value is -3.14. The van der Waals surface area contributed by atoms with Crippen molar-refractivity contribution in [2.24, 2.45) is 7.05 Å². The molecule has 0 fully saturated rings. The zero-order valence-corrected chi connectivity index (χ0v) is 14.7. The van der Waals surface area contributed by atoms with Crippen molar-refractivity contribution in [1.29, 1.82) is 0 Å². The van der Waals surface area contributed by atoms with Gasteiger partial charge in [0.25, 0.3) is 0 Å². The Morgan fingerprint density at radius 1 is 0.885 bits per heavy atom. The Labute approximate surface area is 152 Å². The number of rotatable bonds is 7. The molecule has 0 unspecified atom stereocenters. The quantitative estimate of drug-likeness (QED) is 0.647. The van der Waals surface area contributed by atoms with Gasteiger partial charge in [0.1, 0.15) is 0 Å². The molecule has 4 nitrogen and oxygen atoms in total. The number of nitrogens with zero attached hydrogens (tertiary/aromatic N) is 1. The van der Waals surface area contributed by atoms with Crippen LogP contribution in [0.2, 0.25) is 0 Å². The summed E-state index contributed by atoms with van der Waals surface area (Å²) in [5.74, 6) is -0.828. The van der Waals surface area contributed by atoms with E-state index in [-0.39, 0.29) is 12.2 Å². The predicted molar refractivity (Wildman–Crippen MR) is 101 cm³/mol. The molecule has 0 aliphatic carbocycles. The first-order valence-corrected chi connectivity index (χ1v) is 8.63. The first kappa shape index (κ1) is 17.7. The molecule has 26 heavy (non-hydrogen) atoms. The molecule has 132 valence electrons. The van der Waals surface area contributed by atoms with E-state index < -0.39 is 5.97 Å². The summed E-state index contributed by atoms with van der Waals surface area (Å²) >= 11 is 0. The third kappa shape index (κ3) is 3.91. The van der Waals surface area contributed by atoms with Gasteiger partial charge in [-0.15, -0.1) is 0 Å². The first-order chi connectivity index (χ1) is 12.6. The van der Waals surface area contributed by atoms with Crippen molar-refractivity contribution in [3.05, 3.63) is 83.7 Å². The summed E-state index contributed by atoms with van der Waals surface area (Å²) in [5, 5.41) is 8.75. The molecule has 1 heterocycles. The number of ketones is 1. The number of aliphatic carboxylic acids is 1. The van der Waals surface area contributed by atoms with Gasteiger partial charge in [-0.2, -0.15) is 0 Å². The van der Waals surface area contributed by atoms with Crippen molar-refractivity contribution in [2.75, 3.05) is 0 Å². The van der Waals surface area contributed by atoms with E-state index in [1.807, 2.05) is 78.3 Å². The van der Waals surface area contributed by atoms with Gasteiger partial charge < -0.3 is 9.67 Å². The lowest BCUT2D eigenvalue weighted by molar-refractivity contribution is -0.137.